The molecule has 2 aromatic rings. The largest absolute Gasteiger partial charge is 0.472 e. The number of hydrogen-bond donors (Lipinski definition) is 1. The van der Waals surface area contributed by atoms with Gasteiger partial charge >= 0.3 is 0 Å². The van der Waals surface area contributed by atoms with E-state index in [0.717, 1.165) is 16.7 Å². The molecular formula is C18H16O3. The van der Waals surface area contributed by atoms with Gasteiger partial charge in [-0.3, -0.25) is 0 Å². The average molecular weight is 280 g/mol. The first-order valence-electron chi connectivity index (χ1n) is 7.10. The van der Waals surface area contributed by atoms with Crippen molar-refractivity contribution in [3.05, 3.63) is 83.6 Å². The van der Waals surface area contributed by atoms with Crippen LogP contribution in [0.1, 0.15) is 11.1 Å². The van der Waals surface area contributed by atoms with Gasteiger partial charge in [-0.2, -0.15) is 0 Å². The minimum atomic E-state index is -0.571. The van der Waals surface area contributed by atoms with Crippen molar-refractivity contribution < 1.29 is 14.6 Å². The van der Waals surface area contributed by atoms with Gasteiger partial charge in [0, 0.05) is 5.57 Å². The Hall–Kier alpha value is -2.10. The molecule has 2 aromatic carbocycles. The van der Waals surface area contributed by atoms with E-state index in [-0.39, 0.29) is 18.8 Å². The van der Waals surface area contributed by atoms with Gasteiger partial charge in [-0.05, 0) is 11.1 Å². The molecule has 0 bridgehead atoms. The van der Waals surface area contributed by atoms with Crippen LogP contribution in [0.5, 0.6) is 0 Å². The summed E-state index contributed by atoms with van der Waals surface area (Å²) in [5, 5.41) is 9.61. The highest BCUT2D eigenvalue weighted by Crippen LogP contribution is 2.57. The summed E-state index contributed by atoms with van der Waals surface area (Å²) in [6.07, 6.45) is 1.34. The third-order valence-corrected chi connectivity index (χ3v) is 4.35. The Labute approximate surface area is 123 Å². The lowest BCUT2D eigenvalue weighted by Gasteiger charge is -2.52. The van der Waals surface area contributed by atoms with Crippen LogP contribution >= 0.6 is 0 Å². The van der Waals surface area contributed by atoms with E-state index in [4.69, 9.17) is 9.47 Å². The van der Waals surface area contributed by atoms with Crippen LogP contribution in [0.3, 0.4) is 0 Å². The zero-order valence-corrected chi connectivity index (χ0v) is 11.5. The Morgan fingerprint density at radius 1 is 0.905 bits per heavy atom. The van der Waals surface area contributed by atoms with Gasteiger partial charge in [-0.25, -0.2) is 0 Å². The molecule has 3 heteroatoms. The summed E-state index contributed by atoms with van der Waals surface area (Å²) in [5.74, 6) is 0.0206. The van der Waals surface area contributed by atoms with Crippen molar-refractivity contribution in [1.29, 1.82) is 0 Å². The molecule has 1 saturated heterocycles. The van der Waals surface area contributed by atoms with Crippen LogP contribution in [-0.2, 0) is 15.1 Å². The second kappa shape index (κ2) is 4.72. The highest BCUT2D eigenvalue weighted by atomic mass is 16.7. The summed E-state index contributed by atoms with van der Waals surface area (Å²) in [6.45, 7) is -0.00799. The Kier molecular flexibility index (Phi) is 2.84. The molecule has 0 amide bonds. The molecule has 1 N–H and O–H groups in total. The number of aliphatic hydroxyl groups excluding tert-OH is 1. The fraction of sp³-hybridized carbons (Fsp3) is 0.222. The molecule has 0 spiro atoms. The second-order valence-corrected chi connectivity index (χ2v) is 5.42. The molecule has 0 saturated carbocycles. The van der Waals surface area contributed by atoms with E-state index in [1.54, 1.807) is 6.26 Å². The molecule has 2 aliphatic heterocycles. The molecule has 0 unspecified atom stereocenters. The van der Waals surface area contributed by atoms with Crippen LogP contribution in [0, 0.1) is 5.92 Å². The summed E-state index contributed by atoms with van der Waals surface area (Å²) in [4.78, 5) is 0. The van der Waals surface area contributed by atoms with Crippen molar-refractivity contribution in [2.45, 2.75) is 11.9 Å². The van der Waals surface area contributed by atoms with Gasteiger partial charge < -0.3 is 14.6 Å². The molecule has 1 fully saturated rings. The van der Waals surface area contributed by atoms with E-state index in [0.29, 0.717) is 0 Å². The third kappa shape index (κ3) is 1.68. The molecule has 2 heterocycles. The molecular weight excluding hydrogens is 264 g/mol. The van der Waals surface area contributed by atoms with Gasteiger partial charge in [0.25, 0.3) is 0 Å². The molecule has 4 rings (SSSR count). The maximum Gasteiger partial charge on any atom is 0.210 e. The van der Waals surface area contributed by atoms with Crippen molar-refractivity contribution >= 4 is 0 Å². The Morgan fingerprint density at radius 2 is 1.48 bits per heavy atom. The lowest BCUT2D eigenvalue weighted by Crippen LogP contribution is -2.57. The van der Waals surface area contributed by atoms with Crippen LogP contribution < -0.4 is 0 Å². The standard InChI is InChI=1S/C18H16O3/c19-11-13-12-20-17-16(13)18(21-17,14-7-3-1-4-8-14)15-9-5-2-6-10-15/h1-10,12,16-17,19H,11H2/t16-,17-/m0/s1. The van der Waals surface area contributed by atoms with Gasteiger partial charge in [0.15, 0.2) is 0 Å². The second-order valence-electron chi connectivity index (χ2n) is 5.42. The monoisotopic (exact) mass is 280 g/mol. The quantitative estimate of drug-likeness (QED) is 0.939. The maximum absolute atomic E-state index is 9.61. The van der Waals surface area contributed by atoms with Crippen molar-refractivity contribution in [3.8, 4) is 0 Å². The third-order valence-electron chi connectivity index (χ3n) is 4.35. The smallest absolute Gasteiger partial charge is 0.210 e. The van der Waals surface area contributed by atoms with Gasteiger partial charge in [-0.1, -0.05) is 60.7 Å². The fourth-order valence-electron chi connectivity index (χ4n) is 3.38. The first-order chi connectivity index (χ1) is 10.4. The zero-order valence-electron chi connectivity index (χ0n) is 11.5. The zero-order chi connectivity index (χ0) is 14.3. The minimum absolute atomic E-state index is 0.00799. The summed E-state index contributed by atoms with van der Waals surface area (Å²) < 4.78 is 11.7. The first kappa shape index (κ1) is 12.6. The van der Waals surface area contributed by atoms with Gasteiger partial charge in [0.2, 0.25) is 6.29 Å². The number of fused-ring (bicyclic) bond motifs is 1. The molecule has 0 aromatic heterocycles. The number of ether oxygens (including phenoxy) is 2. The number of rotatable bonds is 3. The highest BCUT2D eigenvalue weighted by Gasteiger charge is 2.62. The Balaban J connectivity index is 1.88. The molecule has 3 nitrogen and oxygen atoms in total. The lowest BCUT2D eigenvalue weighted by atomic mass is 9.69. The summed E-state index contributed by atoms with van der Waals surface area (Å²) >= 11 is 0. The number of benzene rings is 2. The number of aliphatic hydroxyl groups is 1. The van der Waals surface area contributed by atoms with E-state index in [2.05, 4.69) is 24.3 Å². The summed E-state index contributed by atoms with van der Waals surface area (Å²) in [6, 6.07) is 20.3. The van der Waals surface area contributed by atoms with Gasteiger partial charge in [0.1, 0.15) is 5.60 Å². The topological polar surface area (TPSA) is 38.7 Å². The highest BCUT2D eigenvalue weighted by molar-refractivity contribution is 5.44. The predicted molar refractivity (Wildman–Crippen MR) is 78.3 cm³/mol. The van der Waals surface area contributed by atoms with Crippen molar-refractivity contribution in [1.82, 2.24) is 0 Å². The fourth-order valence-corrected chi connectivity index (χ4v) is 3.38. The van der Waals surface area contributed by atoms with E-state index < -0.39 is 5.60 Å². The van der Waals surface area contributed by atoms with Crippen molar-refractivity contribution in [2.75, 3.05) is 6.61 Å². The van der Waals surface area contributed by atoms with E-state index in [1.165, 1.54) is 0 Å². The molecule has 106 valence electrons. The average Bonchev–Trinajstić information content (AvgIpc) is 2.87. The molecule has 21 heavy (non-hydrogen) atoms. The molecule has 0 radical (unpaired) electrons. The van der Waals surface area contributed by atoms with E-state index in [9.17, 15) is 5.11 Å². The molecule has 2 aliphatic rings. The van der Waals surface area contributed by atoms with Crippen LogP contribution in [0.25, 0.3) is 0 Å². The summed E-state index contributed by atoms with van der Waals surface area (Å²) in [5.41, 5.74) is 2.49. The van der Waals surface area contributed by atoms with E-state index >= 15 is 0 Å². The maximum atomic E-state index is 9.61. The molecule has 0 aliphatic carbocycles. The van der Waals surface area contributed by atoms with Crippen LogP contribution in [0.15, 0.2) is 72.5 Å². The SMILES string of the molecule is OCC1=CO[C@H]2OC(c3ccccc3)(c3ccccc3)[C@@H]12. The molecule has 2 atom stereocenters. The summed E-state index contributed by atoms with van der Waals surface area (Å²) in [7, 11) is 0. The lowest BCUT2D eigenvalue weighted by molar-refractivity contribution is -0.305. The van der Waals surface area contributed by atoms with Crippen molar-refractivity contribution in [3.63, 3.8) is 0 Å². The van der Waals surface area contributed by atoms with Gasteiger partial charge in [0.05, 0.1) is 18.8 Å². The van der Waals surface area contributed by atoms with Crippen LogP contribution in [0.4, 0.5) is 0 Å². The normalized spacial score (nSPS) is 25.5. The Bertz CT molecular complexity index is 624. The van der Waals surface area contributed by atoms with Crippen LogP contribution in [0.2, 0.25) is 0 Å². The number of hydrogen-bond acceptors (Lipinski definition) is 3. The predicted octanol–water partition coefficient (Wildman–Crippen LogP) is 2.81. The first-order valence-corrected chi connectivity index (χ1v) is 7.10. The van der Waals surface area contributed by atoms with Gasteiger partial charge in [-0.15, -0.1) is 0 Å². The Morgan fingerprint density at radius 3 is 2.00 bits per heavy atom. The minimum Gasteiger partial charge on any atom is -0.472 e. The van der Waals surface area contributed by atoms with Crippen molar-refractivity contribution in [2.24, 2.45) is 5.92 Å². The van der Waals surface area contributed by atoms with Crippen LogP contribution in [-0.4, -0.2) is 18.0 Å². The van der Waals surface area contributed by atoms with E-state index in [1.807, 2.05) is 36.4 Å².